The van der Waals surface area contributed by atoms with Crippen LogP contribution in [-0.2, 0) is 0 Å². The minimum Gasteiger partial charge on any atom is -0.316 e. The van der Waals surface area contributed by atoms with Gasteiger partial charge >= 0.3 is 0 Å². The van der Waals surface area contributed by atoms with Crippen LogP contribution in [0.5, 0.6) is 0 Å². The van der Waals surface area contributed by atoms with E-state index in [-0.39, 0.29) is 0 Å². The zero-order valence-corrected chi connectivity index (χ0v) is 12.0. The van der Waals surface area contributed by atoms with Gasteiger partial charge in [-0.2, -0.15) is 0 Å². The highest BCUT2D eigenvalue weighted by Gasteiger charge is 2.35. The van der Waals surface area contributed by atoms with Crippen LogP contribution in [-0.4, -0.2) is 35.6 Å². The molecule has 2 fully saturated rings. The summed E-state index contributed by atoms with van der Waals surface area (Å²) in [4.78, 5) is 7.21. The highest BCUT2D eigenvalue weighted by Crippen LogP contribution is 2.36. The van der Waals surface area contributed by atoms with Crippen molar-refractivity contribution in [3.8, 4) is 0 Å². The Labute approximate surface area is 114 Å². The van der Waals surface area contributed by atoms with Crippen LogP contribution >= 0.6 is 11.3 Å². The second-order valence-electron chi connectivity index (χ2n) is 5.69. The van der Waals surface area contributed by atoms with Crippen LogP contribution in [0, 0.1) is 5.92 Å². The predicted molar refractivity (Wildman–Crippen MR) is 75.9 cm³/mol. The van der Waals surface area contributed by atoms with E-state index in [0.717, 1.165) is 12.0 Å². The van der Waals surface area contributed by atoms with E-state index in [0.29, 0.717) is 6.04 Å². The van der Waals surface area contributed by atoms with Gasteiger partial charge in [-0.25, -0.2) is 4.98 Å². The third-order valence-corrected chi connectivity index (χ3v) is 5.14. The normalized spacial score (nSPS) is 26.4. The van der Waals surface area contributed by atoms with Crippen LogP contribution < -0.4 is 5.32 Å². The highest BCUT2D eigenvalue weighted by atomic mass is 32.1. The molecule has 3 rings (SSSR count). The molecule has 0 aromatic carbocycles. The number of nitrogens with one attached hydrogen (secondary N) is 1. The number of rotatable bonds is 5. The summed E-state index contributed by atoms with van der Waals surface area (Å²) in [5.41, 5.74) is 0. The molecule has 0 amide bonds. The SMILES string of the molecule is CC(c1nccs1)N(CC1CCCNC1)C1CC1. The Balaban J connectivity index is 1.64. The number of hydrogen-bond acceptors (Lipinski definition) is 4. The van der Waals surface area contributed by atoms with Gasteiger partial charge in [0.15, 0.2) is 0 Å². The van der Waals surface area contributed by atoms with E-state index in [1.54, 1.807) is 11.3 Å². The lowest BCUT2D eigenvalue weighted by Crippen LogP contribution is -2.40. The van der Waals surface area contributed by atoms with Gasteiger partial charge < -0.3 is 5.32 Å². The van der Waals surface area contributed by atoms with Gasteiger partial charge in [0.2, 0.25) is 0 Å². The van der Waals surface area contributed by atoms with Crippen molar-refractivity contribution in [3.63, 3.8) is 0 Å². The Morgan fingerprint density at radius 2 is 2.39 bits per heavy atom. The molecule has 1 aliphatic carbocycles. The number of piperidine rings is 1. The summed E-state index contributed by atoms with van der Waals surface area (Å²) >= 11 is 1.80. The molecule has 1 aliphatic heterocycles. The van der Waals surface area contributed by atoms with Crippen molar-refractivity contribution in [2.24, 2.45) is 5.92 Å². The molecule has 2 atom stereocenters. The van der Waals surface area contributed by atoms with Crippen LogP contribution in [0.4, 0.5) is 0 Å². The van der Waals surface area contributed by atoms with Gasteiger partial charge in [0.25, 0.3) is 0 Å². The summed E-state index contributed by atoms with van der Waals surface area (Å²) < 4.78 is 0. The molecule has 2 heterocycles. The summed E-state index contributed by atoms with van der Waals surface area (Å²) in [6, 6.07) is 1.32. The smallest absolute Gasteiger partial charge is 0.109 e. The molecular weight excluding hydrogens is 242 g/mol. The first-order valence-electron chi connectivity index (χ1n) is 7.20. The van der Waals surface area contributed by atoms with E-state index < -0.39 is 0 Å². The van der Waals surface area contributed by atoms with Gasteiger partial charge in [0.1, 0.15) is 5.01 Å². The van der Waals surface area contributed by atoms with Crippen molar-refractivity contribution in [1.29, 1.82) is 0 Å². The van der Waals surface area contributed by atoms with E-state index in [1.807, 2.05) is 6.20 Å². The molecule has 100 valence electrons. The lowest BCUT2D eigenvalue weighted by atomic mass is 9.98. The molecular formula is C14H23N3S. The van der Waals surface area contributed by atoms with E-state index in [4.69, 9.17) is 0 Å². The highest BCUT2D eigenvalue weighted by molar-refractivity contribution is 7.09. The predicted octanol–water partition coefficient (Wildman–Crippen LogP) is 2.67. The summed E-state index contributed by atoms with van der Waals surface area (Å²) in [6.07, 6.45) is 7.44. The fourth-order valence-corrected chi connectivity index (χ4v) is 3.71. The molecule has 2 aliphatic rings. The van der Waals surface area contributed by atoms with E-state index in [9.17, 15) is 0 Å². The van der Waals surface area contributed by atoms with Crippen LogP contribution in [0.15, 0.2) is 11.6 Å². The summed E-state index contributed by atoms with van der Waals surface area (Å²) in [6.45, 7) is 5.99. The first-order chi connectivity index (χ1) is 8.84. The third-order valence-electron chi connectivity index (χ3n) is 4.19. The Morgan fingerprint density at radius 1 is 1.50 bits per heavy atom. The molecule has 1 aromatic rings. The van der Waals surface area contributed by atoms with Crippen LogP contribution in [0.3, 0.4) is 0 Å². The fourth-order valence-electron chi connectivity index (χ4n) is 2.99. The third kappa shape index (κ3) is 2.92. The maximum absolute atomic E-state index is 4.50. The van der Waals surface area contributed by atoms with Crippen molar-refractivity contribution in [1.82, 2.24) is 15.2 Å². The van der Waals surface area contributed by atoms with Crippen LogP contribution in [0.2, 0.25) is 0 Å². The number of nitrogens with zero attached hydrogens (tertiary/aromatic N) is 2. The average Bonchev–Trinajstić information content (AvgIpc) is 3.10. The molecule has 1 saturated carbocycles. The largest absolute Gasteiger partial charge is 0.316 e. The van der Waals surface area contributed by atoms with Gasteiger partial charge in [-0.1, -0.05) is 0 Å². The molecule has 1 saturated heterocycles. The molecule has 0 radical (unpaired) electrons. The number of thiazole rings is 1. The van der Waals surface area contributed by atoms with Gasteiger partial charge in [0.05, 0.1) is 6.04 Å². The van der Waals surface area contributed by atoms with Crippen molar-refractivity contribution < 1.29 is 0 Å². The summed E-state index contributed by atoms with van der Waals surface area (Å²) in [7, 11) is 0. The second kappa shape index (κ2) is 5.68. The Hall–Kier alpha value is -0.450. The molecule has 1 N–H and O–H groups in total. The minimum atomic E-state index is 0.499. The van der Waals surface area contributed by atoms with Crippen molar-refractivity contribution in [3.05, 3.63) is 16.6 Å². The molecule has 3 nitrogen and oxygen atoms in total. The molecule has 2 unspecified atom stereocenters. The van der Waals surface area contributed by atoms with Gasteiger partial charge in [-0.15, -0.1) is 11.3 Å². The first-order valence-corrected chi connectivity index (χ1v) is 8.08. The van der Waals surface area contributed by atoms with E-state index in [1.165, 1.54) is 50.3 Å². The summed E-state index contributed by atoms with van der Waals surface area (Å²) in [5.74, 6) is 0.835. The number of aromatic nitrogens is 1. The molecule has 1 aromatic heterocycles. The Morgan fingerprint density at radius 3 is 3.00 bits per heavy atom. The average molecular weight is 265 g/mol. The van der Waals surface area contributed by atoms with Crippen molar-refractivity contribution in [2.75, 3.05) is 19.6 Å². The van der Waals surface area contributed by atoms with E-state index >= 15 is 0 Å². The maximum Gasteiger partial charge on any atom is 0.109 e. The second-order valence-corrected chi connectivity index (χ2v) is 6.61. The maximum atomic E-state index is 4.50. The standard InChI is InChI=1S/C14H23N3S/c1-11(14-16-7-8-18-14)17(13-4-5-13)10-12-3-2-6-15-9-12/h7-8,11-13,15H,2-6,9-10H2,1H3. The molecule has 0 spiro atoms. The first kappa shape index (κ1) is 12.6. The van der Waals surface area contributed by atoms with Crippen LogP contribution in [0.25, 0.3) is 0 Å². The van der Waals surface area contributed by atoms with E-state index in [2.05, 4.69) is 27.5 Å². The van der Waals surface area contributed by atoms with Crippen LogP contribution in [0.1, 0.15) is 43.7 Å². The Bertz CT molecular complexity index is 355. The quantitative estimate of drug-likeness (QED) is 0.887. The zero-order valence-electron chi connectivity index (χ0n) is 11.1. The topological polar surface area (TPSA) is 28.2 Å². The Kier molecular flexibility index (Phi) is 3.97. The van der Waals surface area contributed by atoms with Gasteiger partial charge in [-0.3, -0.25) is 4.90 Å². The molecule has 0 bridgehead atoms. The fraction of sp³-hybridized carbons (Fsp3) is 0.786. The van der Waals surface area contributed by atoms with Gasteiger partial charge in [-0.05, 0) is 51.6 Å². The minimum absolute atomic E-state index is 0.499. The van der Waals surface area contributed by atoms with Crippen molar-refractivity contribution in [2.45, 2.75) is 44.7 Å². The lowest BCUT2D eigenvalue weighted by molar-refractivity contribution is 0.154. The molecule has 4 heteroatoms. The summed E-state index contributed by atoms with van der Waals surface area (Å²) in [5, 5.41) is 6.91. The monoisotopic (exact) mass is 265 g/mol. The lowest BCUT2D eigenvalue weighted by Gasteiger charge is -2.33. The van der Waals surface area contributed by atoms with Crippen molar-refractivity contribution >= 4 is 11.3 Å². The molecule has 18 heavy (non-hydrogen) atoms. The zero-order chi connectivity index (χ0) is 12.4. The number of hydrogen-bond donors (Lipinski definition) is 1. The van der Waals surface area contributed by atoms with Gasteiger partial charge in [0, 0.05) is 24.2 Å².